The standard InChI is InChI=1S/C13H22N2O2S2/c1-10-3-5-11(6-4-10)15-19(16,17)13-7-8-18-12(13)9-14-2/h7-8,10-11,14-15H,3-6,9H2,1-2H3. The van der Waals surface area contributed by atoms with Crippen LogP contribution in [0.2, 0.25) is 0 Å². The van der Waals surface area contributed by atoms with Crippen molar-refractivity contribution in [3.05, 3.63) is 16.3 Å². The molecular weight excluding hydrogens is 280 g/mol. The second kappa shape index (κ2) is 6.35. The average molecular weight is 302 g/mol. The van der Waals surface area contributed by atoms with Crippen molar-refractivity contribution in [1.82, 2.24) is 10.0 Å². The zero-order valence-electron chi connectivity index (χ0n) is 11.5. The molecule has 1 aromatic rings. The van der Waals surface area contributed by atoms with E-state index in [2.05, 4.69) is 17.0 Å². The summed E-state index contributed by atoms with van der Waals surface area (Å²) in [5.41, 5.74) is 0. The van der Waals surface area contributed by atoms with Crippen molar-refractivity contribution in [2.75, 3.05) is 7.05 Å². The third-order valence-electron chi connectivity index (χ3n) is 3.67. The highest BCUT2D eigenvalue weighted by atomic mass is 32.2. The van der Waals surface area contributed by atoms with Crippen molar-refractivity contribution in [3.63, 3.8) is 0 Å². The van der Waals surface area contributed by atoms with Gasteiger partial charge in [-0.1, -0.05) is 6.92 Å². The van der Waals surface area contributed by atoms with Crippen LogP contribution in [-0.4, -0.2) is 21.5 Å². The first kappa shape index (κ1) is 15.0. The van der Waals surface area contributed by atoms with Crippen LogP contribution in [0.1, 0.15) is 37.5 Å². The predicted octanol–water partition coefficient (Wildman–Crippen LogP) is 2.32. The van der Waals surface area contributed by atoms with Crippen molar-refractivity contribution in [2.24, 2.45) is 5.92 Å². The predicted molar refractivity (Wildman–Crippen MR) is 78.8 cm³/mol. The Labute approximate surface area is 119 Å². The van der Waals surface area contributed by atoms with E-state index in [4.69, 9.17) is 0 Å². The lowest BCUT2D eigenvalue weighted by molar-refractivity contribution is 0.332. The van der Waals surface area contributed by atoms with Crippen LogP contribution in [0, 0.1) is 5.92 Å². The summed E-state index contributed by atoms with van der Waals surface area (Å²) in [6.07, 6.45) is 4.12. The molecule has 1 aromatic heterocycles. The summed E-state index contributed by atoms with van der Waals surface area (Å²) in [6, 6.07) is 1.80. The zero-order chi connectivity index (χ0) is 13.9. The molecule has 1 saturated carbocycles. The molecule has 108 valence electrons. The molecule has 0 unspecified atom stereocenters. The molecular formula is C13H22N2O2S2. The summed E-state index contributed by atoms with van der Waals surface area (Å²) in [5, 5.41) is 4.85. The van der Waals surface area contributed by atoms with Gasteiger partial charge in [0.25, 0.3) is 0 Å². The SMILES string of the molecule is CNCc1sccc1S(=O)(=O)NC1CCC(C)CC1. The van der Waals surface area contributed by atoms with Crippen LogP contribution in [0.5, 0.6) is 0 Å². The van der Waals surface area contributed by atoms with Gasteiger partial charge in [-0.05, 0) is 50.1 Å². The molecule has 0 aliphatic heterocycles. The summed E-state index contributed by atoms with van der Waals surface area (Å²) >= 11 is 1.48. The first-order valence-electron chi connectivity index (χ1n) is 6.76. The number of nitrogens with one attached hydrogen (secondary N) is 2. The maximum absolute atomic E-state index is 12.4. The van der Waals surface area contributed by atoms with E-state index in [9.17, 15) is 8.42 Å². The number of hydrogen-bond acceptors (Lipinski definition) is 4. The highest BCUT2D eigenvalue weighted by Gasteiger charge is 2.26. The van der Waals surface area contributed by atoms with Gasteiger partial charge in [0.2, 0.25) is 10.0 Å². The minimum absolute atomic E-state index is 0.100. The number of thiophene rings is 1. The van der Waals surface area contributed by atoms with E-state index in [-0.39, 0.29) is 6.04 Å². The molecule has 19 heavy (non-hydrogen) atoms. The molecule has 1 aliphatic rings. The van der Waals surface area contributed by atoms with E-state index in [0.29, 0.717) is 11.4 Å². The van der Waals surface area contributed by atoms with Crippen LogP contribution >= 0.6 is 11.3 Å². The van der Waals surface area contributed by atoms with E-state index in [1.54, 1.807) is 6.07 Å². The summed E-state index contributed by atoms with van der Waals surface area (Å²) < 4.78 is 27.7. The van der Waals surface area contributed by atoms with Crippen molar-refractivity contribution in [3.8, 4) is 0 Å². The summed E-state index contributed by atoms with van der Waals surface area (Å²) in [7, 11) is -1.54. The Kier molecular flexibility index (Phi) is 5.00. The molecule has 0 amide bonds. The van der Waals surface area contributed by atoms with Crippen LogP contribution in [0.25, 0.3) is 0 Å². The quantitative estimate of drug-likeness (QED) is 0.877. The molecule has 0 bridgehead atoms. The van der Waals surface area contributed by atoms with Gasteiger partial charge >= 0.3 is 0 Å². The molecule has 0 radical (unpaired) electrons. The fraction of sp³-hybridized carbons (Fsp3) is 0.692. The van der Waals surface area contributed by atoms with Gasteiger partial charge in [-0.15, -0.1) is 11.3 Å². The lowest BCUT2D eigenvalue weighted by Crippen LogP contribution is -2.37. The minimum atomic E-state index is -3.37. The Morgan fingerprint density at radius 1 is 1.32 bits per heavy atom. The maximum Gasteiger partial charge on any atom is 0.241 e. The summed E-state index contributed by atoms with van der Waals surface area (Å²) in [6.45, 7) is 2.82. The van der Waals surface area contributed by atoms with Gasteiger partial charge in [0.15, 0.2) is 0 Å². The van der Waals surface area contributed by atoms with Gasteiger partial charge in [0, 0.05) is 17.5 Å². The monoisotopic (exact) mass is 302 g/mol. The maximum atomic E-state index is 12.4. The highest BCUT2D eigenvalue weighted by molar-refractivity contribution is 7.89. The number of hydrogen-bond donors (Lipinski definition) is 2. The topological polar surface area (TPSA) is 58.2 Å². The fourth-order valence-corrected chi connectivity index (χ4v) is 5.28. The van der Waals surface area contributed by atoms with Crippen LogP contribution in [0.4, 0.5) is 0 Å². The van der Waals surface area contributed by atoms with Gasteiger partial charge in [-0.25, -0.2) is 13.1 Å². The van der Waals surface area contributed by atoms with Gasteiger partial charge in [-0.3, -0.25) is 0 Å². The average Bonchev–Trinajstić information content (AvgIpc) is 2.81. The van der Waals surface area contributed by atoms with Crippen LogP contribution in [0.15, 0.2) is 16.3 Å². The summed E-state index contributed by atoms with van der Waals surface area (Å²) in [5.74, 6) is 0.724. The van der Waals surface area contributed by atoms with Gasteiger partial charge < -0.3 is 5.32 Å². The number of sulfonamides is 1. The first-order chi connectivity index (χ1) is 9.03. The number of rotatable bonds is 5. The van der Waals surface area contributed by atoms with Gasteiger partial charge in [0.1, 0.15) is 0 Å². The molecule has 1 aliphatic carbocycles. The Morgan fingerprint density at radius 2 is 2.00 bits per heavy atom. The van der Waals surface area contributed by atoms with Crippen LogP contribution in [0.3, 0.4) is 0 Å². The van der Waals surface area contributed by atoms with E-state index in [1.807, 2.05) is 12.4 Å². The Balaban J connectivity index is 2.07. The second-order valence-electron chi connectivity index (χ2n) is 5.32. The zero-order valence-corrected chi connectivity index (χ0v) is 13.1. The lowest BCUT2D eigenvalue weighted by atomic mass is 9.88. The van der Waals surface area contributed by atoms with Crippen molar-refractivity contribution >= 4 is 21.4 Å². The Bertz CT molecular complexity index is 502. The van der Waals surface area contributed by atoms with Gasteiger partial charge in [-0.2, -0.15) is 0 Å². The molecule has 6 heteroatoms. The lowest BCUT2D eigenvalue weighted by Gasteiger charge is -2.26. The van der Waals surface area contributed by atoms with E-state index in [0.717, 1.165) is 36.5 Å². The van der Waals surface area contributed by atoms with Crippen LogP contribution < -0.4 is 10.0 Å². The smallest absolute Gasteiger partial charge is 0.241 e. The third kappa shape index (κ3) is 3.78. The molecule has 0 saturated heterocycles. The van der Waals surface area contributed by atoms with Crippen molar-refractivity contribution in [1.29, 1.82) is 0 Å². The normalized spacial score (nSPS) is 24.5. The van der Waals surface area contributed by atoms with Crippen LogP contribution in [-0.2, 0) is 16.6 Å². The highest BCUT2D eigenvalue weighted by Crippen LogP contribution is 2.26. The largest absolute Gasteiger partial charge is 0.315 e. The molecule has 1 fully saturated rings. The van der Waals surface area contributed by atoms with Crippen molar-refractivity contribution < 1.29 is 8.42 Å². The minimum Gasteiger partial charge on any atom is -0.315 e. The third-order valence-corrected chi connectivity index (χ3v) is 6.32. The van der Waals surface area contributed by atoms with E-state index >= 15 is 0 Å². The Morgan fingerprint density at radius 3 is 2.63 bits per heavy atom. The molecule has 0 atom stereocenters. The fourth-order valence-electron chi connectivity index (χ4n) is 2.52. The molecule has 1 heterocycles. The molecule has 2 N–H and O–H groups in total. The molecule has 0 aromatic carbocycles. The Hall–Kier alpha value is -0.430. The van der Waals surface area contributed by atoms with E-state index < -0.39 is 10.0 Å². The first-order valence-corrected chi connectivity index (χ1v) is 9.12. The summed E-state index contributed by atoms with van der Waals surface area (Å²) in [4.78, 5) is 1.31. The molecule has 4 nitrogen and oxygen atoms in total. The second-order valence-corrected chi connectivity index (χ2v) is 8.00. The molecule has 0 spiro atoms. The van der Waals surface area contributed by atoms with Crippen molar-refractivity contribution in [2.45, 2.75) is 50.1 Å². The van der Waals surface area contributed by atoms with E-state index in [1.165, 1.54) is 11.3 Å². The van der Waals surface area contributed by atoms with Gasteiger partial charge in [0.05, 0.1) is 4.90 Å². The molecule has 2 rings (SSSR count).